The molecule has 2 heterocycles. The van der Waals surface area contributed by atoms with Crippen LogP contribution in [0.3, 0.4) is 0 Å². The van der Waals surface area contributed by atoms with Crippen LogP contribution in [0, 0.1) is 0 Å². The number of ether oxygens (including phenoxy) is 2. The summed E-state index contributed by atoms with van der Waals surface area (Å²) in [6.07, 6.45) is 0. The van der Waals surface area contributed by atoms with Gasteiger partial charge in [0.1, 0.15) is 13.2 Å². The van der Waals surface area contributed by atoms with Gasteiger partial charge in [0.15, 0.2) is 17.2 Å². The van der Waals surface area contributed by atoms with E-state index in [1.807, 2.05) is 36.4 Å². The quantitative estimate of drug-likeness (QED) is 0.841. The van der Waals surface area contributed by atoms with Crippen molar-refractivity contribution in [2.45, 2.75) is 0 Å². The summed E-state index contributed by atoms with van der Waals surface area (Å²) < 4.78 is 11.0. The Morgan fingerprint density at radius 3 is 2.64 bits per heavy atom. The molecular weight excluding hydrogens is 320 g/mol. The zero-order valence-electron chi connectivity index (χ0n) is 13.4. The van der Waals surface area contributed by atoms with Crippen molar-refractivity contribution in [3.63, 3.8) is 0 Å². The molecule has 1 fully saturated rings. The Morgan fingerprint density at radius 1 is 1.08 bits per heavy atom. The third kappa shape index (κ3) is 2.87. The van der Waals surface area contributed by atoms with Gasteiger partial charge in [-0.1, -0.05) is 24.8 Å². The zero-order chi connectivity index (χ0) is 17.2. The highest BCUT2D eigenvalue weighted by molar-refractivity contribution is 6.51. The van der Waals surface area contributed by atoms with Crippen molar-refractivity contribution in [3.05, 3.63) is 60.8 Å². The normalized spacial score (nSPS) is 17.6. The van der Waals surface area contributed by atoms with E-state index in [9.17, 15) is 4.79 Å². The lowest BCUT2D eigenvalue weighted by atomic mass is 10.2. The molecule has 0 aromatic heterocycles. The van der Waals surface area contributed by atoms with Crippen LogP contribution in [0.25, 0.3) is 0 Å². The van der Waals surface area contributed by atoms with E-state index in [-0.39, 0.29) is 11.6 Å². The van der Waals surface area contributed by atoms with Crippen molar-refractivity contribution < 1.29 is 14.3 Å². The maximum Gasteiger partial charge on any atom is 0.299 e. The van der Waals surface area contributed by atoms with Gasteiger partial charge in [0.25, 0.3) is 5.91 Å². The lowest BCUT2D eigenvalue weighted by Crippen LogP contribution is -2.34. The molecule has 2 N–H and O–H groups in total. The summed E-state index contributed by atoms with van der Waals surface area (Å²) >= 11 is 0. The Hall–Kier alpha value is -3.48. The molecule has 1 amide bonds. The Morgan fingerprint density at radius 2 is 1.84 bits per heavy atom. The number of nitrogens with one attached hydrogen (secondary N) is 2. The number of hydrazone groups is 1. The van der Waals surface area contributed by atoms with Crippen molar-refractivity contribution in [1.82, 2.24) is 5.43 Å². The number of fused-ring (bicyclic) bond motifs is 1. The van der Waals surface area contributed by atoms with Gasteiger partial charge in [-0.2, -0.15) is 5.10 Å². The van der Waals surface area contributed by atoms with Gasteiger partial charge in [-0.05, 0) is 24.3 Å². The molecule has 0 aliphatic carbocycles. The standard InChI is InChI=1S/C18H16N4O3/c1-12-17(18(23)22(21-12)14-5-3-2-4-6-14)20-19-13-7-8-15-16(11-13)25-10-9-24-15/h2-8,11,19,21H,1,9-10H2/b20-17+. The van der Waals surface area contributed by atoms with Gasteiger partial charge >= 0.3 is 0 Å². The molecule has 1 saturated heterocycles. The molecule has 25 heavy (non-hydrogen) atoms. The lowest BCUT2D eigenvalue weighted by molar-refractivity contribution is -0.112. The molecule has 2 aromatic carbocycles. The van der Waals surface area contributed by atoms with Crippen molar-refractivity contribution in [2.24, 2.45) is 5.10 Å². The number of amides is 1. The van der Waals surface area contributed by atoms with Crippen LogP contribution in [-0.4, -0.2) is 24.8 Å². The molecule has 0 saturated carbocycles. The van der Waals surface area contributed by atoms with Crippen molar-refractivity contribution >= 4 is 23.0 Å². The van der Waals surface area contributed by atoms with E-state index < -0.39 is 0 Å². The van der Waals surface area contributed by atoms with Crippen LogP contribution in [0.5, 0.6) is 11.5 Å². The number of nitrogens with zero attached hydrogens (tertiary/aromatic N) is 2. The van der Waals surface area contributed by atoms with Crippen LogP contribution >= 0.6 is 0 Å². The maximum atomic E-state index is 12.6. The molecule has 0 atom stereocenters. The number of hydrazine groups is 1. The number of carbonyl (C=O) groups is 1. The second-order valence-corrected chi connectivity index (χ2v) is 5.50. The Balaban J connectivity index is 1.53. The van der Waals surface area contributed by atoms with Gasteiger partial charge in [-0.3, -0.25) is 15.6 Å². The summed E-state index contributed by atoms with van der Waals surface area (Å²) in [5.74, 6) is 1.07. The number of anilines is 2. The smallest absolute Gasteiger partial charge is 0.299 e. The van der Waals surface area contributed by atoms with E-state index in [0.29, 0.717) is 36.1 Å². The molecular formula is C18H16N4O3. The molecule has 7 nitrogen and oxygen atoms in total. The van der Waals surface area contributed by atoms with Crippen LogP contribution < -0.4 is 25.3 Å². The first-order chi connectivity index (χ1) is 12.2. The van der Waals surface area contributed by atoms with Gasteiger partial charge in [0.05, 0.1) is 17.1 Å². The minimum atomic E-state index is -0.277. The van der Waals surface area contributed by atoms with E-state index in [0.717, 1.165) is 5.69 Å². The summed E-state index contributed by atoms with van der Waals surface area (Å²) in [4.78, 5) is 12.6. The Labute approximate surface area is 144 Å². The fraction of sp³-hybridized carbons (Fsp3) is 0.111. The SMILES string of the molecule is C=C1NN(c2ccccc2)C(=O)/C1=N/Nc1ccc2c(c1)OCCO2. The first kappa shape index (κ1) is 15.1. The highest BCUT2D eigenvalue weighted by Crippen LogP contribution is 2.32. The average Bonchev–Trinajstić information content (AvgIpc) is 2.94. The molecule has 0 radical (unpaired) electrons. The molecule has 126 valence electrons. The molecule has 0 spiro atoms. The third-order valence-electron chi connectivity index (χ3n) is 3.79. The maximum absolute atomic E-state index is 12.6. The van der Waals surface area contributed by atoms with Crippen molar-refractivity contribution in [3.8, 4) is 11.5 Å². The van der Waals surface area contributed by atoms with Gasteiger partial charge in [-0.15, -0.1) is 0 Å². The first-order valence-electron chi connectivity index (χ1n) is 7.81. The largest absolute Gasteiger partial charge is 0.486 e. The minimum Gasteiger partial charge on any atom is -0.486 e. The van der Waals surface area contributed by atoms with Crippen molar-refractivity contribution in [1.29, 1.82) is 0 Å². The van der Waals surface area contributed by atoms with E-state index in [1.54, 1.807) is 12.1 Å². The monoisotopic (exact) mass is 336 g/mol. The van der Waals surface area contributed by atoms with Crippen LogP contribution in [-0.2, 0) is 4.79 Å². The molecule has 2 aromatic rings. The van der Waals surface area contributed by atoms with Gasteiger partial charge in [0, 0.05) is 6.07 Å². The first-order valence-corrected chi connectivity index (χ1v) is 7.81. The topological polar surface area (TPSA) is 75.2 Å². The third-order valence-corrected chi connectivity index (χ3v) is 3.79. The van der Waals surface area contributed by atoms with Gasteiger partial charge < -0.3 is 9.47 Å². The Bertz CT molecular complexity index is 864. The second-order valence-electron chi connectivity index (χ2n) is 5.50. The predicted molar refractivity (Wildman–Crippen MR) is 94.7 cm³/mol. The second kappa shape index (κ2) is 6.20. The van der Waals surface area contributed by atoms with Gasteiger partial charge in [-0.25, -0.2) is 5.01 Å². The van der Waals surface area contributed by atoms with Crippen LogP contribution in [0.2, 0.25) is 0 Å². The summed E-state index contributed by atoms with van der Waals surface area (Å²) in [5.41, 5.74) is 7.87. The average molecular weight is 336 g/mol. The number of carbonyl (C=O) groups excluding carboxylic acids is 1. The Kier molecular flexibility index (Phi) is 3.74. The summed E-state index contributed by atoms with van der Waals surface area (Å²) in [6, 6.07) is 14.6. The van der Waals surface area contributed by atoms with Crippen LogP contribution in [0.1, 0.15) is 0 Å². The van der Waals surface area contributed by atoms with E-state index in [2.05, 4.69) is 22.5 Å². The number of para-hydroxylation sites is 1. The molecule has 0 bridgehead atoms. The zero-order valence-corrected chi connectivity index (χ0v) is 13.4. The summed E-state index contributed by atoms with van der Waals surface area (Å²) in [6.45, 7) is 4.90. The molecule has 0 unspecified atom stereocenters. The van der Waals surface area contributed by atoms with Crippen molar-refractivity contribution in [2.75, 3.05) is 23.6 Å². The van der Waals surface area contributed by atoms with E-state index in [4.69, 9.17) is 9.47 Å². The molecule has 2 aliphatic heterocycles. The predicted octanol–water partition coefficient (Wildman–Crippen LogP) is 2.29. The van der Waals surface area contributed by atoms with Gasteiger partial charge in [0.2, 0.25) is 0 Å². The summed E-state index contributed by atoms with van der Waals surface area (Å²) in [7, 11) is 0. The number of hydrogen-bond acceptors (Lipinski definition) is 6. The molecule has 7 heteroatoms. The highest BCUT2D eigenvalue weighted by atomic mass is 16.6. The van der Waals surface area contributed by atoms with E-state index >= 15 is 0 Å². The molecule has 4 rings (SSSR count). The highest BCUT2D eigenvalue weighted by Gasteiger charge is 2.32. The fourth-order valence-electron chi connectivity index (χ4n) is 2.58. The molecule has 2 aliphatic rings. The van der Waals surface area contributed by atoms with E-state index in [1.165, 1.54) is 5.01 Å². The lowest BCUT2D eigenvalue weighted by Gasteiger charge is -2.18. The summed E-state index contributed by atoms with van der Waals surface area (Å²) in [5, 5.41) is 5.61. The number of benzene rings is 2. The minimum absolute atomic E-state index is 0.221. The van der Waals surface area contributed by atoms with Crippen LogP contribution in [0.4, 0.5) is 11.4 Å². The number of rotatable bonds is 3. The van der Waals surface area contributed by atoms with Crippen LogP contribution in [0.15, 0.2) is 65.9 Å². The fourth-order valence-corrected chi connectivity index (χ4v) is 2.58. The number of hydrogen-bond donors (Lipinski definition) is 2.